The van der Waals surface area contributed by atoms with Crippen LogP contribution in [0.25, 0.3) is 0 Å². The van der Waals surface area contributed by atoms with Gasteiger partial charge in [-0.25, -0.2) is 0 Å². The van der Waals surface area contributed by atoms with Gasteiger partial charge in [-0.2, -0.15) is 0 Å². The van der Waals surface area contributed by atoms with Gasteiger partial charge in [0.25, 0.3) is 0 Å². The van der Waals surface area contributed by atoms with Gasteiger partial charge in [0.2, 0.25) is 5.91 Å². The first kappa shape index (κ1) is 12.8. The van der Waals surface area contributed by atoms with Gasteiger partial charge in [0, 0.05) is 16.3 Å². The smallest absolute Gasteiger partial charge is 0.245 e. The Kier molecular flexibility index (Phi) is 3.68. The Morgan fingerprint density at radius 3 is 2.79 bits per heavy atom. The molecule has 1 fully saturated rings. The van der Waals surface area contributed by atoms with Gasteiger partial charge in [-0.15, -0.1) is 22.7 Å². The van der Waals surface area contributed by atoms with Gasteiger partial charge < -0.3 is 10.6 Å². The molecule has 0 aromatic carbocycles. The third-order valence-corrected chi connectivity index (χ3v) is 5.45. The highest BCUT2D eigenvalue weighted by Gasteiger charge is 2.33. The van der Waals surface area contributed by atoms with Crippen molar-refractivity contribution in [1.82, 2.24) is 4.90 Å². The summed E-state index contributed by atoms with van der Waals surface area (Å²) < 4.78 is 0. The van der Waals surface area contributed by atoms with E-state index in [1.165, 1.54) is 4.88 Å². The molecule has 0 aliphatic carbocycles. The molecule has 0 radical (unpaired) electrons. The molecule has 0 saturated carbocycles. The third-order valence-electron chi connectivity index (χ3n) is 3.52. The summed E-state index contributed by atoms with van der Waals surface area (Å²) >= 11 is 3.27. The maximum absolute atomic E-state index is 12.6. The molecule has 1 amide bonds. The third kappa shape index (κ3) is 2.45. The summed E-state index contributed by atoms with van der Waals surface area (Å²) in [5, 5.41) is 4.03. The van der Waals surface area contributed by atoms with E-state index in [2.05, 4.69) is 11.4 Å². The Bertz CT molecular complexity index is 536. The van der Waals surface area contributed by atoms with E-state index in [0.717, 1.165) is 24.3 Å². The van der Waals surface area contributed by atoms with Crippen LogP contribution in [0.2, 0.25) is 0 Å². The summed E-state index contributed by atoms with van der Waals surface area (Å²) in [5.41, 5.74) is 6.10. The van der Waals surface area contributed by atoms with Crippen LogP contribution in [-0.2, 0) is 4.79 Å². The molecule has 0 spiro atoms. The molecule has 100 valence electrons. The zero-order valence-electron chi connectivity index (χ0n) is 10.5. The number of rotatable bonds is 3. The SMILES string of the molecule is NC(C(=O)N1CCCC1c1cccs1)c1cccs1. The lowest BCUT2D eigenvalue weighted by Gasteiger charge is -2.26. The standard InChI is InChI=1S/C14H16N2OS2/c15-13(12-6-3-9-19-12)14(17)16-7-1-4-10(16)11-5-2-8-18-11/h2-3,5-6,8-10,13H,1,4,7,15H2. The first-order valence-electron chi connectivity index (χ1n) is 6.40. The fourth-order valence-corrected chi connectivity index (χ4v) is 4.17. The van der Waals surface area contributed by atoms with E-state index < -0.39 is 6.04 Å². The highest BCUT2D eigenvalue weighted by molar-refractivity contribution is 7.10. The zero-order chi connectivity index (χ0) is 13.2. The number of thiophene rings is 2. The first-order chi connectivity index (χ1) is 9.27. The Morgan fingerprint density at radius 2 is 2.11 bits per heavy atom. The molecule has 19 heavy (non-hydrogen) atoms. The van der Waals surface area contributed by atoms with Crippen molar-refractivity contribution in [3.8, 4) is 0 Å². The number of hydrogen-bond acceptors (Lipinski definition) is 4. The second kappa shape index (κ2) is 5.45. The topological polar surface area (TPSA) is 46.3 Å². The fraction of sp³-hybridized carbons (Fsp3) is 0.357. The van der Waals surface area contributed by atoms with Crippen LogP contribution in [0.1, 0.15) is 34.7 Å². The van der Waals surface area contributed by atoms with Crippen LogP contribution in [0.3, 0.4) is 0 Å². The summed E-state index contributed by atoms with van der Waals surface area (Å²) in [5.74, 6) is 0.0540. The number of nitrogens with zero attached hydrogens (tertiary/aromatic N) is 1. The molecule has 5 heteroatoms. The van der Waals surface area contributed by atoms with E-state index in [9.17, 15) is 4.79 Å². The van der Waals surface area contributed by atoms with E-state index >= 15 is 0 Å². The lowest BCUT2D eigenvalue weighted by molar-refractivity contribution is -0.133. The average Bonchev–Trinajstić information content (AvgIpc) is 3.15. The molecule has 1 saturated heterocycles. The molecule has 2 atom stereocenters. The maximum atomic E-state index is 12.6. The van der Waals surface area contributed by atoms with E-state index in [4.69, 9.17) is 5.73 Å². The van der Waals surface area contributed by atoms with Crippen LogP contribution in [0.5, 0.6) is 0 Å². The number of nitrogens with two attached hydrogens (primary N) is 1. The number of carbonyl (C=O) groups is 1. The lowest BCUT2D eigenvalue weighted by atomic mass is 10.1. The lowest BCUT2D eigenvalue weighted by Crippen LogP contribution is -2.37. The van der Waals surface area contributed by atoms with E-state index in [1.807, 2.05) is 28.5 Å². The van der Waals surface area contributed by atoms with Crippen LogP contribution < -0.4 is 5.73 Å². The Labute approximate surface area is 120 Å². The van der Waals surface area contributed by atoms with Crippen molar-refractivity contribution in [2.45, 2.75) is 24.9 Å². The molecule has 3 rings (SSSR count). The van der Waals surface area contributed by atoms with Crippen molar-refractivity contribution >= 4 is 28.6 Å². The number of hydrogen-bond donors (Lipinski definition) is 1. The normalized spacial score (nSPS) is 20.7. The van der Waals surface area contributed by atoms with Gasteiger partial charge >= 0.3 is 0 Å². The molecule has 0 bridgehead atoms. The minimum Gasteiger partial charge on any atom is -0.333 e. The predicted molar refractivity (Wildman–Crippen MR) is 79.3 cm³/mol. The number of likely N-dealkylation sites (tertiary alicyclic amines) is 1. The quantitative estimate of drug-likeness (QED) is 0.944. The van der Waals surface area contributed by atoms with Crippen LogP contribution in [0, 0.1) is 0 Å². The van der Waals surface area contributed by atoms with Crippen LogP contribution in [-0.4, -0.2) is 17.4 Å². The summed E-state index contributed by atoms with van der Waals surface area (Å²) in [7, 11) is 0. The van der Waals surface area contributed by atoms with Crippen molar-refractivity contribution in [1.29, 1.82) is 0 Å². The van der Waals surface area contributed by atoms with Crippen molar-refractivity contribution in [2.24, 2.45) is 5.73 Å². The van der Waals surface area contributed by atoms with Gasteiger partial charge in [-0.1, -0.05) is 12.1 Å². The summed E-state index contributed by atoms with van der Waals surface area (Å²) in [4.78, 5) is 16.7. The van der Waals surface area contributed by atoms with E-state index in [0.29, 0.717) is 0 Å². The summed E-state index contributed by atoms with van der Waals surface area (Å²) in [6.07, 6.45) is 2.11. The molecule has 2 unspecified atom stereocenters. The molecule has 1 aliphatic heterocycles. The van der Waals surface area contributed by atoms with Crippen LogP contribution in [0.15, 0.2) is 35.0 Å². The Morgan fingerprint density at radius 1 is 1.32 bits per heavy atom. The van der Waals surface area contributed by atoms with Crippen molar-refractivity contribution in [3.63, 3.8) is 0 Å². The Balaban J connectivity index is 1.79. The Hall–Kier alpha value is -1.17. The van der Waals surface area contributed by atoms with Crippen molar-refractivity contribution < 1.29 is 4.79 Å². The highest BCUT2D eigenvalue weighted by Crippen LogP contribution is 2.36. The minimum atomic E-state index is -0.513. The van der Waals surface area contributed by atoms with Gasteiger partial charge in [0.15, 0.2) is 0 Å². The fourth-order valence-electron chi connectivity index (χ4n) is 2.58. The van der Waals surface area contributed by atoms with Gasteiger partial charge in [0.05, 0.1) is 6.04 Å². The number of carbonyl (C=O) groups excluding carboxylic acids is 1. The largest absolute Gasteiger partial charge is 0.333 e. The minimum absolute atomic E-state index is 0.0540. The second-order valence-electron chi connectivity index (χ2n) is 4.70. The van der Waals surface area contributed by atoms with Crippen molar-refractivity contribution in [2.75, 3.05) is 6.54 Å². The second-order valence-corrected chi connectivity index (χ2v) is 6.66. The van der Waals surface area contributed by atoms with Gasteiger partial charge in [0.1, 0.15) is 6.04 Å². The van der Waals surface area contributed by atoms with Gasteiger partial charge in [-0.05, 0) is 35.7 Å². The molecule has 2 N–H and O–H groups in total. The van der Waals surface area contributed by atoms with Crippen LogP contribution >= 0.6 is 22.7 Å². The van der Waals surface area contributed by atoms with Crippen LogP contribution in [0.4, 0.5) is 0 Å². The summed E-state index contributed by atoms with van der Waals surface area (Å²) in [6, 6.07) is 7.73. The van der Waals surface area contributed by atoms with Gasteiger partial charge in [-0.3, -0.25) is 4.79 Å². The zero-order valence-corrected chi connectivity index (χ0v) is 12.1. The maximum Gasteiger partial charge on any atom is 0.245 e. The molecule has 3 heterocycles. The van der Waals surface area contributed by atoms with E-state index in [-0.39, 0.29) is 11.9 Å². The van der Waals surface area contributed by atoms with E-state index in [1.54, 1.807) is 22.7 Å². The molecule has 1 aliphatic rings. The monoisotopic (exact) mass is 292 g/mol. The number of amides is 1. The molecule has 2 aromatic rings. The first-order valence-corrected chi connectivity index (χ1v) is 8.16. The molecule has 2 aromatic heterocycles. The highest BCUT2D eigenvalue weighted by atomic mass is 32.1. The molecule has 3 nitrogen and oxygen atoms in total. The summed E-state index contributed by atoms with van der Waals surface area (Å²) in [6.45, 7) is 0.820. The van der Waals surface area contributed by atoms with Crippen molar-refractivity contribution in [3.05, 3.63) is 44.8 Å². The molecular weight excluding hydrogens is 276 g/mol. The predicted octanol–water partition coefficient (Wildman–Crippen LogP) is 3.17. The molecular formula is C14H16N2OS2. The average molecular weight is 292 g/mol.